The van der Waals surface area contributed by atoms with Crippen molar-refractivity contribution in [2.45, 2.75) is 32.9 Å². The molecule has 1 aromatic heterocycles. The zero-order chi connectivity index (χ0) is 13.1. The zero-order valence-corrected chi connectivity index (χ0v) is 12.3. The summed E-state index contributed by atoms with van der Waals surface area (Å²) < 4.78 is 0. The normalized spacial score (nSPS) is 14.4. The van der Waals surface area contributed by atoms with Crippen molar-refractivity contribution in [1.29, 1.82) is 0 Å². The number of rotatable bonds is 4. The van der Waals surface area contributed by atoms with Gasteiger partial charge < -0.3 is 5.32 Å². The molecule has 0 aliphatic carbocycles. The Hall–Kier alpha value is -0.900. The monoisotopic (exact) mass is 280 g/mol. The van der Waals surface area contributed by atoms with Gasteiger partial charge in [-0.1, -0.05) is 29.8 Å². The van der Waals surface area contributed by atoms with E-state index in [1.807, 2.05) is 25.1 Å². The Morgan fingerprint density at radius 3 is 2.56 bits per heavy atom. The lowest BCUT2D eigenvalue weighted by molar-refractivity contribution is 0.487. The molecule has 1 aromatic carbocycles. The molecule has 0 aliphatic heterocycles. The Labute approximate surface area is 117 Å². The zero-order valence-electron chi connectivity index (χ0n) is 10.8. The second-order valence-corrected chi connectivity index (χ2v) is 5.89. The number of hydrogen-bond acceptors (Lipinski definition) is 3. The molecule has 0 aliphatic rings. The maximum atomic E-state index is 6.20. The SMILES string of the molecule is Cc1nc(C(C)N[C@H](C)c2ccccc2Cl)cs1. The smallest absolute Gasteiger partial charge is 0.0898 e. The molecule has 2 aromatic rings. The third kappa shape index (κ3) is 3.10. The fourth-order valence-corrected chi connectivity index (χ4v) is 2.96. The molecule has 1 heterocycles. The van der Waals surface area contributed by atoms with E-state index in [1.54, 1.807) is 11.3 Å². The third-order valence-electron chi connectivity index (χ3n) is 2.95. The van der Waals surface area contributed by atoms with Crippen molar-refractivity contribution in [1.82, 2.24) is 10.3 Å². The van der Waals surface area contributed by atoms with E-state index in [0.717, 1.165) is 21.3 Å². The molecule has 1 N–H and O–H groups in total. The van der Waals surface area contributed by atoms with Gasteiger partial charge in [0.2, 0.25) is 0 Å². The molecule has 2 nitrogen and oxygen atoms in total. The highest BCUT2D eigenvalue weighted by molar-refractivity contribution is 7.09. The van der Waals surface area contributed by atoms with Crippen LogP contribution in [0, 0.1) is 6.92 Å². The topological polar surface area (TPSA) is 24.9 Å². The van der Waals surface area contributed by atoms with E-state index in [4.69, 9.17) is 11.6 Å². The number of thiazole rings is 1. The molecule has 1 unspecified atom stereocenters. The molecule has 18 heavy (non-hydrogen) atoms. The Bertz CT molecular complexity index is 524. The number of hydrogen-bond donors (Lipinski definition) is 1. The van der Waals surface area contributed by atoms with Crippen molar-refractivity contribution in [2.24, 2.45) is 0 Å². The highest BCUT2D eigenvalue weighted by Gasteiger charge is 2.14. The summed E-state index contributed by atoms with van der Waals surface area (Å²) in [5.74, 6) is 0. The Morgan fingerprint density at radius 2 is 1.94 bits per heavy atom. The van der Waals surface area contributed by atoms with Crippen LogP contribution in [0.25, 0.3) is 0 Å². The first kappa shape index (κ1) is 13.5. The lowest BCUT2D eigenvalue weighted by Gasteiger charge is -2.20. The second-order valence-electron chi connectivity index (χ2n) is 4.42. The van der Waals surface area contributed by atoms with Gasteiger partial charge >= 0.3 is 0 Å². The van der Waals surface area contributed by atoms with Crippen LogP contribution < -0.4 is 5.32 Å². The first-order chi connectivity index (χ1) is 8.58. The summed E-state index contributed by atoms with van der Waals surface area (Å²) in [6.07, 6.45) is 0. The third-order valence-corrected chi connectivity index (χ3v) is 4.09. The summed E-state index contributed by atoms with van der Waals surface area (Å²) in [5.41, 5.74) is 2.22. The van der Waals surface area contributed by atoms with Gasteiger partial charge in [0.15, 0.2) is 0 Å². The Morgan fingerprint density at radius 1 is 1.22 bits per heavy atom. The molecule has 2 rings (SSSR count). The minimum absolute atomic E-state index is 0.204. The predicted octanol–water partition coefficient (Wildman–Crippen LogP) is 4.52. The number of aryl methyl sites for hydroxylation is 1. The quantitative estimate of drug-likeness (QED) is 0.891. The van der Waals surface area contributed by atoms with Crippen LogP contribution in [0.5, 0.6) is 0 Å². The lowest BCUT2D eigenvalue weighted by Crippen LogP contribution is -2.23. The molecule has 0 radical (unpaired) electrons. The fourth-order valence-electron chi connectivity index (χ4n) is 1.96. The van der Waals surface area contributed by atoms with E-state index in [-0.39, 0.29) is 12.1 Å². The predicted molar refractivity (Wildman–Crippen MR) is 78.3 cm³/mol. The van der Waals surface area contributed by atoms with Gasteiger partial charge in [-0.05, 0) is 32.4 Å². The van der Waals surface area contributed by atoms with Gasteiger partial charge in [0.25, 0.3) is 0 Å². The van der Waals surface area contributed by atoms with Crippen LogP contribution in [-0.2, 0) is 0 Å². The van der Waals surface area contributed by atoms with Gasteiger partial charge in [0.1, 0.15) is 0 Å². The van der Waals surface area contributed by atoms with Crippen molar-refractivity contribution in [3.8, 4) is 0 Å². The minimum atomic E-state index is 0.204. The number of nitrogens with one attached hydrogen (secondary N) is 1. The van der Waals surface area contributed by atoms with Crippen molar-refractivity contribution in [2.75, 3.05) is 0 Å². The van der Waals surface area contributed by atoms with Gasteiger partial charge in [-0.15, -0.1) is 11.3 Å². The molecular formula is C14H17ClN2S. The standard InChI is InChI=1S/C14H17ClN2S/c1-9(12-6-4-5-7-13(12)15)16-10(2)14-8-18-11(3)17-14/h4-10,16H,1-3H3/t9-,10?/m1/s1. The van der Waals surface area contributed by atoms with E-state index in [0.29, 0.717) is 0 Å². The van der Waals surface area contributed by atoms with Crippen molar-refractivity contribution in [3.63, 3.8) is 0 Å². The van der Waals surface area contributed by atoms with Gasteiger partial charge in [0, 0.05) is 22.5 Å². The number of aromatic nitrogens is 1. The highest BCUT2D eigenvalue weighted by atomic mass is 35.5. The van der Waals surface area contributed by atoms with Crippen molar-refractivity contribution < 1.29 is 0 Å². The van der Waals surface area contributed by atoms with Crippen LogP contribution in [0.1, 0.15) is 42.2 Å². The van der Waals surface area contributed by atoms with Crippen LogP contribution in [0.15, 0.2) is 29.6 Å². The van der Waals surface area contributed by atoms with Gasteiger partial charge in [-0.25, -0.2) is 4.98 Å². The average Bonchev–Trinajstić information content (AvgIpc) is 2.76. The van der Waals surface area contributed by atoms with Gasteiger partial charge in [-0.2, -0.15) is 0 Å². The first-order valence-electron chi connectivity index (χ1n) is 6.00. The van der Waals surface area contributed by atoms with Crippen LogP contribution in [0.4, 0.5) is 0 Å². The van der Waals surface area contributed by atoms with Crippen LogP contribution in [0.2, 0.25) is 5.02 Å². The summed E-state index contributed by atoms with van der Waals surface area (Å²) >= 11 is 7.88. The molecular weight excluding hydrogens is 264 g/mol. The van der Waals surface area contributed by atoms with E-state index in [9.17, 15) is 0 Å². The largest absolute Gasteiger partial charge is 0.302 e. The van der Waals surface area contributed by atoms with Gasteiger partial charge in [-0.3, -0.25) is 0 Å². The van der Waals surface area contributed by atoms with Crippen molar-refractivity contribution >= 4 is 22.9 Å². The summed E-state index contributed by atoms with van der Waals surface area (Å²) in [6.45, 7) is 6.27. The molecule has 0 fully saturated rings. The summed E-state index contributed by atoms with van der Waals surface area (Å²) in [4.78, 5) is 4.50. The van der Waals surface area contributed by atoms with E-state index in [1.165, 1.54) is 0 Å². The Balaban J connectivity index is 2.08. The Kier molecular flexibility index (Phi) is 4.38. The minimum Gasteiger partial charge on any atom is -0.302 e. The summed E-state index contributed by atoms with van der Waals surface area (Å²) in [5, 5.41) is 7.54. The molecule has 4 heteroatoms. The molecule has 2 atom stereocenters. The lowest BCUT2D eigenvalue weighted by atomic mass is 10.1. The second kappa shape index (κ2) is 5.83. The van der Waals surface area contributed by atoms with Crippen LogP contribution in [0.3, 0.4) is 0 Å². The fraction of sp³-hybridized carbons (Fsp3) is 0.357. The van der Waals surface area contributed by atoms with Crippen molar-refractivity contribution in [3.05, 3.63) is 50.9 Å². The van der Waals surface area contributed by atoms with E-state index >= 15 is 0 Å². The maximum absolute atomic E-state index is 6.20. The average molecular weight is 281 g/mol. The van der Waals surface area contributed by atoms with Crippen LogP contribution >= 0.6 is 22.9 Å². The molecule has 0 saturated carbocycles. The van der Waals surface area contributed by atoms with Gasteiger partial charge in [0.05, 0.1) is 10.7 Å². The maximum Gasteiger partial charge on any atom is 0.0898 e. The molecule has 0 spiro atoms. The molecule has 0 saturated heterocycles. The number of nitrogens with zero attached hydrogens (tertiary/aromatic N) is 1. The summed E-state index contributed by atoms with van der Waals surface area (Å²) in [7, 11) is 0. The first-order valence-corrected chi connectivity index (χ1v) is 7.26. The van der Waals surface area contributed by atoms with Crippen LogP contribution in [-0.4, -0.2) is 4.98 Å². The molecule has 0 amide bonds. The van der Waals surface area contributed by atoms with E-state index in [2.05, 4.69) is 35.6 Å². The molecule has 96 valence electrons. The summed E-state index contributed by atoms with van der Waals surface area (Å²) in [6, 6.07) is 8.37. The number of benzene rings is 1. The molecule has 0 bridgehead atoms. The highest BCUT2D eigenvalue weighted by Crippen LogP contribution is 2.25. The number of halogens is 1. The van der Waals surface area contributed by atoms with E-state index < -0.39 is 0 Å².